The van der Waals surface area contributed by atoms with Crippen LogP contribution >= 0.6 is 15.9 Å². The van der Waals surface area contributed by atoms with Gasteiger partial charge in [0.1, 0.15) is 5.75 Å². The number of nitrogens with zero attached hydrogens (tertiary/aromatic N) is 1. The van der Waals surface area contributed by atoms with Crippen LogP contribution in [-0.2, 0) is 4.79 Å². The standard InChI is InChI=1S/C13H15BrN2O3/c1-9(17)11-4-3-10(14)7-12(11)19-8-13(18)16-6-2-5-15/h3-4,7,9,17H,2,6,8H2,1H3,(H,16,18)/t9-/m0/s1. The van der Waals surface area contributed by atoms with Crippen molar-refractivity contribution in [1.29, 1.82) is 5.26 Å². The van der Waals surface area contributed by atoms with Gasteiger partial charge in [0.05, 0.1) is 18.6 Å². The monoisotopic (exact) mass is 326 g/mol. The number of halogens is 1. The number of aliphatic hydroxyl groups excluding tert-OH is 1. The van der Waals surface area contributed by atoms with Crippen LogP contribution in [0.3, 0.4) is 0 Å². The summed E-state index contributed by atoms with van der Waals surface area (Å²) >= 11 is 3.31. The lowest BCUT2D eigenvalue weighted by molar-refractivity contribution is -0.123. The van der Waals surface area contributed by atoms with Crippen LogP contribution in [0, 0.1) is 11.3 Å². The van der Waals surface area contributed by atoms with Gasteiger partial charge in [-0.15, -0.1) is 0 Å². The number of hydrogen-bond acceptors (Lipinski definition) is 4. The van der Waals surface area contributed by atoms with Crippen molar-refractivity contribution in [3.05, 3.63) is 28.2 Å². The lowest BCUT2D eigenvalue weighted by atomic mass is 10.1. The SMILES string of the molecule is C[C@H](O)c1ccc(Br)cc1OCC(=O)NCCC#N. The highest BCUT2D eigenvalue weighted by molar-refractivity contribution is 9.10. The molecule has 1 aromatic rings. The Bertz CT molecular complexity index is 483. The molecule has 0 saturated heterocycles. The Kier molecular flexibility index (Phi) is 6.33. The van der Waals surface area contributed by atoms with Crippen molar-refractivity contribution in [3.8, 4) is 11.8 Å². The van der Waals surface area contributed by atoms with Crippen molar-refractivity contribution in [2.75, 3.05) is 13.2 Å². The second kappa shape index (κ2) is 7.77. The smallest absolute Gasteiger partial charge is 0.257 e. The molecule has 1 atom stereocenters. The number of nitrogens with one attached hydrogen (secondary N) is 1. The lowest BCUT2D eigenvalue weighted by Gasteiger charge is -2.13. The van der Waals surface area contributed by atoms with Crippen LogP contribution in [0.15, 0.2) is 22.7 Å². The summed E-state index contributed by atoms with van der Waals surface area (Å²) in [5, 5.41) is 20.5. The van der Waals surface area contributed by atoms with Gasteiger partial charge in [0, 0.05) is 16.6 Å². The highest BCUT2D eigenvalue weighted by Crippen LogP contribution is 2.28. The van der Waals surface area contributed by atoms with E-state index in [0.717, 1.165) is 4.47 Å². The number of carbonyl (C=O) groups excluding carboxylic acids is 1. The summed E-state index contributed by atoms with van der Waals surface area (Å²) < 4.78 is 6.19. The van der Waals surface area contributed by atoms with E-state index in [1.807, 2.05) is 6.07 Å². The van der Waals surface area contributed by atoms with Gasteiger partial charge in [0.2, 0.25) is 0 Å². The average molecular weight is 327 g/mol. The van der Waals surface area contributed by atoms with E-state index < -0.39 is 6.10 Å². The molecule has 0 heterocycles. The van der Waals surface area contributed by atoms with Crippen molar-refractivity contribution in [2.45, 2.75) is 19.4 Å². The third kappa shape index (κ3) is 5.28. The zero-order valence-electron chi connectivity index (χ0n) is 10.5. The van der Waals surface area contributed by atoms with E-state index in [4.69, 9.17) is 10.00 Å². The zero-order valence-corrected chi connectivity index (χ0v) is 12.1. The second-order valence-corrected chi connectivity index (χ2v) is 4.82. The molecule has 102 valence electrons. The highest BCUT2D eigenvalue weighted by atomic mass is 79.9. The molecular weight excluding hydrogens is 312 g/mol. The lowest BCUT2D eigenvalue weighted by Crippen LogP contribution is -2.29. The van der Waals surface area contributed by atoms with Crippen molar-refractivity contribution < 1.29 is 14.6 Å². The van der Waals surface area contributed by atoms with E-state index in [1.165, 1.54) is 0 Å². The van der Waals surface area contributed by atoms with Gasteiger partial charge in [-0.2, -0.15) is 5.26 Å². The first-order chi connectivity index (χ1) is 9.04. The van der Waals surface area contributed by atoms with Gasteiger partial charge in [-0.25, -0.2) is 0 Å². The van der Waals surface area contributed by atoms with Gasteiger partial charge < -0.3 is 15.2 Å². The number of hydrogen-bond donors (Lipinski definition) is 2. The van der Waals surface area contributed by atoms with Crippen LogP contribution < -0.4 is 10.1 Å². The second-order valence-electron chi connectivity index (χ2n) is 3.90. The van der Waals surface area contributed by atoms with Crippen molar-refractivity contribution in [2.24, 2.45) is 0 Å². The molecule has 0 aromatic heterocycles. The zero-order chi connectivity index (χ0) is 14.3. The highest BCUT2D eigenvalue weighted by Gasteiger charge is 2.11. The normalized spacial score (nSPS) is 11.5. The number of aliphatic hydroxyl groups is 1. The molecule has 1 amide bonds. The molecule has 0 aliphatic carbocycles. The van der Waals surface area contributed by atoms with E-state index in [2.05, 4.69) is 21.2 Å². The first-order valence-electron chi connectivity index (χ1n) is 5.78. The third-order valence-electron chi connectivity index (χ3n) is 2.34. The van der Waals surface area contributed by atoms with Crippen molar-refractivity contribution in [1.82, 2.24) is 5.32 Å². The number of carbonyl (C=O) groups is 1. The largest absolute Gasteiger partial charge is 0.483 e. The molecular formula is C13H15BrN2O3. The fourth-order valence-electron chi connectivity index (χ4n) is 1.43. The van der Waals surface area contributed by atoms with Crippen LogP contribution in [0.5, 0.6) is 5.75 Å². The van der Waals surface area contributed by atoms with Gasteiger partial charge in [0.15, 0.2) is 6.61 Å². The van der Waals surface area contributed by atoms with E-state index in [9.17, 15) is 9.90 Å². The first kappa shape index (κ1) is 15.5. The van der Waals surface area contributed by atoms with E-state index in [0.29, 0.717) is 17.9 Å². The topological polar surface area (TPSA) is 82.3 Å². The molecule has 1 aromatic carbocycles. The number of nitriles is 1. The molecule has 0 unspecified atom stereocenters. The fourth-order valence-corrected chi connectivity index (χ4v) is 1.77. The fraction of sp³-hybridized carbons (Fsp3) is 0.385. The first-order valence-corrected chi connectivity index (χ1v) is 6.58. The van der Waals surface area contributed by atoms with Crippen molar-refractivity contribution >= 4 is 21.8 Å². The summed E-state index contributed by atoms with van der Waals surface area (Å²) in [5.74, 6) is 0.159. The van der Waals surface area contributed by atoms with Gasteiger partial charge in [-0.05, 0) is 19.1 Å². The molecule has 0 aliphatic rings. The van der Waals surface area contributed by atoms with Gasteiger partial charge in [0.25, 0.3) is 5.91 Å². The Balaban J connectivity index is 2.59. The van der Waals surface area contributed by atoms with Crippen molar-refractivity contribution in [3.63, 3.8) is 0 Å². The summed E-state index contributed by atoms with van der Waals surface area (Å²) in [4.78, 5) is 11.4. The average Bonchev–Trinajstić information content (AvgIpc) is 2.36. The number of rotatable bonds is 6. The van der Waals surface area contributed by atoms with E-state index >= 15 is 0 Å². The molecule has 5 nitrogen and oxygen atoms in total. The number of ether oxygens (including phenoxy) is 1. The summed E-state index contributed by atoms with van der Waals surface area (Å²) in [6, 6.07) is 7.16. The third-order valence-corrected chi connectivity index (χ3v) is 2.84. The minimum absolute atomic E-state index is 0.151. The number of amides is 1. The number of benzene rings is 1. The molecule has 2 N–H and O–H groups in total. The molecule has 0 bridgehead atoms. The molecule has 19 heavy (non-hydrogen) atoms. The Morgan fingerprint density at radius 2 is 2.37 bits per heavy atom. The Hall–Kier alpha value is -1.58. The minimum atomic E-state index is -0.676. The maximum Gasteiger partial charge on any atom is 0.257 e. The van der Waals surface area contributed by atoms with E-state index in [-0.39, 0.29) is 18.9 Å². The minimum Gasteiger partial charge on any atom is -0.483 e. The Morgan fingerprint density at radius 3 is 3.00 bits per heavy atom. The molecule has 0 fully saturated rings. The maximum absolute atomic E-state index is 11.4. The van der Waals surface area contributed by atoms with Crippen LogP contribution in [0.2, 0.25) is 0 Å². The Morgan fingerprint density at radius 1 is 1.63 bits per heavy atom. The van der Waals surface area contributed by atoms with Crippen LogP contribution in [0.1, 0.15) is 25.0 Å². The molecule has 0 saturated carbocycles. The van der Waals surface area contributed by atoms with Gasteiger partial charge in [-0.1, -0.05) is 22.0 Å². The summed E-state index contributed by atoms with van der Waals surface area (Å²) in [6.07, 6.45) is -0.411. The quantitative estimate of drug-likeness (QED) is 0.782. The van der Waals surface area contributed by atoms with Gasteiger partial charge >= 0.3 is 0 Å². The maximum atomic E-state index is 11.4. The molecule has 0 radical (unpaired) electrons. The molecule has 0 spiro atoms. The van der Waals surface area contributed by atoms with Crippen LogP contribution in [0.4, 0.5) is 0 Å². The Labute approximate surface area is 120 Å². The summed E-state index contributed by atoms with van der Waals surface area (Å²) in [5.41, 5.74) is 0.619. The summed E-state index contributed by atoms with van der Waals surface area (Å²) in [6.45, 7) is 1.78. The van der Waals surface area contributed by atoms with Crippen LogP contribution in [0.25, 0.3) is 0 Å². The van der Waals surface area contributed by atoms with Gasteiger partial charge in [-0.3, -0.25) is 4.79 Å². The predicted molar refractivity (Wildman–Crippen MR) is 73.5 cm³/mol. The van der Waals surface area contributed by atoms with Crippen LogP contribution in [-0.4, -0.2) is 24.2 Å². The molecule has 6 heteroatoms. The predicted octanol–water partition coefficient (Wildman–Crippen LogP) is 1.91. The summed E-state index contributed by atoms with van der Waals surface area (Å²) in [7, 11) is 0. The molecule has 1 rings (SSSR count). The van der Waals surface area contributed by atoms with E-state index in [1.54, 1.807) is 25.1 Å². The molecule has 0 aliphatic heterocycles.